The summed E-state index contributed by atoms with van der Waals surface area (Å²) in [7, 11) is 1.68. The summed E-state index contributed by atoms with van der Waals surface area (Å²) in [5, 5.41) is 16.2. The second kappa shape index (κ2) is 10.8. The topological polar surface area (TPSA) is 104 Å². The highest BCUT2D eigenvalue weighted by Gasteiger charge is 2.51. The molecule has 1 aliphatic heterocycles. The van der Waals surface area contributed by atoms with Gasteiger partial charge in [-0.3, -0.25) is 14.4 Å². The van der Waals surface area contributed by atoms with Crippen molar-refractivity contribution in [2.24, 2.45) is 7.05 Å². The molecule has 34 heavy (non-hydrogen) atoms. The Morgan fingerprint density at radius 3 is 2.50 bits per heavy atom. The van der Waals surface area contributed by atoms with Crippen LogP contribution in [-0.4, -0.2) is 69.5 Å². The second-order valence-corrected chi connectivity index (χ2v) is 8.55. The van der Waals surface area contributed by atoms with E-state index in [0.717, 1.165) is 10.5 Å². The predicted molar refractivity (Wildman–Crippen MR) is 121 cm³/mol. The largest absolute Gasteiger partial charge is 0.381 e. The van der Waals surface area contributed by atoms with Crippen LogP contribution >= 0.6 is 0 Å². The zero-order valence-electron chi connectivity index (χ0n) is 19.2. The number of nitrogens with one attached hydrogen (secondary N) is 2. The molecule has 1 aliphatic rings. The molecule has 1 aromatic carbocycles. The maximum Gasteiger partial charge on any atom is 0.268 e. The Kier molecular flexibility index (Phi) is 8.03. The van der Waals surface area contributed by atoms with E-state index in [9.17, 15) is 28.3 Å². The standard InChI is InChI=1S/C24H30F2N4O4/c1-3-11-27-21(32)19-14-24(25,26)15-30(19)23(34)20(31)17(13-16-8-5-4-6-9-16)28-22(33)18-10-7-12-29(18)2/h4-10,12,17,19-20,31H,3,11,13-15H2,1-2H3,(H,27,32)(H,28,33)/t17-,19-,20-/m0/s1. The van der Waals surface area contributed by atoms with Crippen molar-refractivity contribution in [1.82, 2.24) is 20.1 Å². The monoisotopic (exact) mass is 476 g/mol. The van der Waals surface area contributed by atoms with Crippen LogP contribution in [-0.2, 0) is 23.1 Å². The molecule has 1 saturated heterocycles. The molecule has 2 heterocycles. The second-order valence-electron chi connectivity index (χ2n) is 8.55. The lowest BCUT2D eigenvalue weighted by atomic mass is 9.99. The van der Waals surface area contributed by atoms with Gasteiger partial charge < -0.3 is 25.2 Å². The third-order valence-corrected chi connectivity index (χ3v) is 5.83. The van der Waals surface area contributed by atoms with Gasteiger partial charge >= 0.3 is 0 Å². The molecule has 1 aromatic heterocycles. The molecule has 3 atom stereocenters. The fourth-order valence-electron chi connectivity index (χ4n) is 4.04. The van der Waals surface area contributed by atoms with Crippen molar-refractivity contribution in [2.45, 2.75) is 50.3 Å². The molecular formula is C24H30F2N4O4. The van der Waals surface area contributed by atoms with Crippen molar-refractivity contribution >= 4 is 17.7 Å². The lowest BCUT2D eigenvalue weighted by Crippen LogP contribution is -2.56. The summed E-state index contributed by atoms with van der Waals surface area (Å²) in [5.41, 5.74) is 1.04. The number of aromatic nitrogens is 1. The molecule has 0 spiro atoms. The number of aliphatic hydroxyl groups is 1. The van der Waals surface area contributed by atoms with E-state index >= 15 is 0 Å². The van der Waals surface area contributed by atoms with Gasteiger partial charge in [0, 0.05) is 26.2 Å². The van der Waals surface area contributed by atoms with Gasteiger partial charge in [-0.25, -0.2) is 8.78 Å². The molecule has 3 amide bonds. The van der Waals surface area contributed by atoms with Crippen molar-refractivity contribution in [3.8, 4) is 0 Å². The van der Waals surface area contributed by atoms with E-state index in [0.29, 0.717) is 12.1 Å². The van der Waals surface area contributed by atoms with Crippen molar-refractivity contribution in [2.75, 3.05) is 13.1 Å². The Morgan fingerprint density at radius 1 is 1.18 bits per heavy atom. The molecule has 0 saturated carbocycles. The van der Waals surface area contributed by atoms with Crippen LogP contribution in [0.25, 0.3) is 0 Å². The summed E-state index contributed by atoms with van der Waals surface area (Å²) in [6, 6.07) is 9.63. The summed E-state index contributed by atoms with van der Waals surface area (Å²) in [6.07, 6.45) is -0.287. The number of aliphatic hydroxyl groups excluding tert-OH is 1. The van der Waals surface area contributed by atoms with Crippen molar-refractivity contribution in [3.63, 3.8) is 0 Å². The maximum atomic E-state index is 14.2. The van der Waals surface area contributed by atoms with Crippen LogP contribution in [0.4, 0.5) is 8.78 Å². The van der Waals surface area contributed by atoms with Gasteiger partial charge in [-0.15, -0.1) is 0 Å². The molecule has 0 bridgehead atoms. The van der Waals surface area contributed by atoms with E-state index in [-0.39, 0.29) is 13.0 Å². The van der Waals surface area contributed by atoms with Gasteiger partial charge in [0.15, 0.2) is 6.10 Å². The van der Waals surface area contributed by atoms with Crippen LogP contribution in [0.15, 0.2) is 48.7 Å². The number of likely N-dealkylation sites (tertiary alicyclic amines) is 1. The summed E-state index contributed by atoms with van der Waals surface area (Å²) in [5.74, 6) is -5.50. The molecule has 2 aromatic rings. The summed E-state index contributed by atoms with van der Waals surface area (Å²) < 4.78 is 30.0. The van der Waals surface area contributed by atoms with Crippen LogP contribution in [0, 0.1) is 0 Å². The number of hydrogen-bond acceptors (Lipinski definition) is 4. The van der Waals surface area contributed by atoms with Crippen molar-refractivity contribution in [1.29, 1.82) is 0 Å². The van der Waals surface area contributed by atoms with Crippen LogP contribution in [0.2, 0.25) is 0 Å². The quantitative estimate of drug-likeness (QED) is 0.510. The number of alkyl halides is 2. The van der Waals surface area contributed by atoms with E-state index in [4.69, 9.17) is 0 Å². The molecule has 3 N–H and O–H groups in total. The molecule has 0 aliphatic carbocycles. The van der Waals surface area contributed by atoms with Gasteiger partial charge in [0.1, 0.15) is 11.7 Å². The number of benzene rings is 1. The number of halogens is 2. The number of rotatable bonds is 9. The number of carbonyl (C=O) groups is 3. The fourth-order valence-corrected chi connectivity index (χ4v) is 4.04. The van der Waals surface area contributed by atoms with Gasteiger partial charge in [-0.1, -0.05) is 37.3 Å². The first-order valence-corrected chi connectivity index (χ1v) is 11.2. The minimum Gasteiger partial charge on any atom is -0.381 e. The molecule has 3 rings (SSSR count). The van der Waals surface area contributed by atoms with E-state index in [1.165, 1.54) is 0 Å². The van der Waals surface area contributed by atoms with Crippen LogP contribution in [0.5, 0.6) is 0 Å². The normalized spacial score (nSPS) is 18.9. The molecule has 184 valence electrons. The number of nitrogens with zero attached hydrogens (tertiary/aromatic N) is 2. The Bertz CT molecular complexity index is 1010. The SMILES string of the molecule is CCCNC(=O)[C@@H]1CC(F)(F)CN1C(=O)[C@@H](O)[C@H](Cc1ccccc1)NC(=O)c1cccn1C. The zero-order valence-corrected chi connectivity index (χ0v) is 19.2. The van der Waals surface area contributed by atoms with Crippen LogP contribution < -0.4 is 10.6 Å². The van der Waals surface area contributed by atoms with E-state index in [1.807, 2.05) is 6.92 Å². The van der Waals surface area contributed by atoms with E-state index in [2.05, 4.69) is 10.6 Å². The Morgan fingerprint density at radius 2 is 1.88 bits per heavy atom. The summed E-state index contributed by atoms with van der Waals surface area (Å²) in [4.78, 5) is 39.2. The van der Waals surface area contributed by atoms with Gasteiger partial charge in [0.2, 0.25) is 5.91 Å². The maximum absolute atomic E-state index is 14.2. The molecular weight excluding hydrogens is 446 g/mol. The predicted octanol–water partition coefficient (Wildman–Crippen LogP) is 1.49. The highest BCUT2D eigenvalue weighted by Crippen LogP contribution is 2.33. The number of amides is 3. The lowest BCUT2D eigenvalue weighted by Gasteiger charge is -2.30. The van der Waals surface area contributed by atoms with Crippen LogP contribution in [0.3, 0.4) is 0 Å². The summed E-state index contributed by atoms with van der Waals surface area (Å²) in [6.45, 7) is 1.13. The number of hydrogen-bond donors (Lipinski definition) is 3. The molecule has 1 fully saturated rings. The highest BCUT2D eigenvalue weighted by atomic mass is 19.3. The average molecular weight is 477 g/mol. The van der Waals surface area contributed by atoms with Crippen molar-refractivity contribution < 1.29 is 28.3 Å². The molecule has 8 nitrogen and oxygen atoms in total. The smallest absolute Gasteiger partial charge is 0.268 e. The minimum absolute atomic E-state index is 0.0842. The molecule has 0 unspecified atom stereocenters. The first-order chi connectivity index (χ1) is 16.1. The summed E-state index contributed by atoms with van der Waals surface area (Å²) >= 11 is 0. The third kappa shape index (κ3) is 5.99. The Hall–Kier alpha value is -3.27. The van der Waals surface area contributed by atoms with Gasteiger partial charge in [-0.05, 0) is 30.5 Å². The van der Waals surface area contributed by atoms with Gasteiger partial charge in [0.25, 0.3) is 17.7 Å². The first-order valence-electron chi connectivity index (χ1n) is 11.2. The Labute approximate surface area is 196 Å². The zero-order chi connectivity index (χ0) is 24.9. The lowest BCUT2D eigenvalue weighted by molar-refractivity contribution is -0.147. The fraction of sp³-hybridized carbons (Fsp3) is 0.458. The minimum atomic E-state index is -3.26. The van der Waals surface area contributed by atoms with Crippen molar-refractivity contribution in [3.05, 3.63) is 59.9 Å². The molecule has 0 radical (unpaired) electrons. The average Bonchev–Trinajstić information content (AvgIpc) is 3.38. The van der Waals surface area contributed by atoms with Crippen LogP contribution in [0.1, 0.15) is 35.8 Å². The third-order valence-electron chi connectivity index (χ3n) is 5.83. The van der Waals surface area contributed by atoms with E-state index in [1.54, 1.807) is 60.3 Å². The highest BCUT2D eigenvalue weighted by molar-refractivity contribution is 5.94. The number of carbonyl (C=O) groups excluding carboxylic acids is 3. The molecule has 10 heteroatoms. The van der Waals surface area contributed by atoms with E-state index < -0.39 is 54.8 Å². The Balaban J connectivity index is 1.83. The van der Waals surface area contributed by atoms with Gasteiger partial charge in [-0.2, -0.15) is 0 Å². The first kappa shape index (κ1) is 25.4. The van der Waals surface area contributed by atoms with Gasteiger partial charge in [0.05, 0.1) is 12.6 Å². The number of aryl methyl sites for hydroxylation is 1.